The molecule has 2 rings (SSSR count). The molecule has 1 heterocycles. The Hall–Kier alpha value is -2.07. The lowest BCUT2D eigenvalue weighted by Gasteiger charge is -2.15. The fourth-order valence-corrected chi connectivity index (χ4v) is 2.02. The van der Waals surface area contributed by atoms with Gasteiger partial charge in [0.1, 0.15) is 5.76 Å². The maximum Gasteiger partial charge on any atom is 0.371 e. The van der Waals surface area contributed by atoms with Crippen LogP contribution >= 0.6 is 0 Å². The largest absolute Gasteiger partial charge is 0.475 e. The molecular formula is C15H17NO3. The molecule has 0 radical (unpaired) electrons. The maximum absolute atomic E-state index is 10.7. The third kappa shape index (κ3) is 3.23. The highest BCUT2D eigenvalue weighted by atomic mass is 16.4. The van der Waals surface area contributed by atoms with Gasteiger partial charge >= 0.3 is 5.97 Å². The second-order valence-corrected chi connectivity index (χ2v) is 4.53. The van der Waals surface area contributed by atoms with Crippen molar-refractivity contribution in [3.05, 3.63) is 59.0 Å². The lowest BCUT2D eigenvalue weighted by atomic mass is 10.0. The van der Waals surface area contributed by atoms with Gasteiger partial charge in [0.05, 0.1) is 6.54 Å². The molecule has 0 aliphatic carbocycles. The summed E-state index contributed by atoms with van der Waals surface area (Å²) in [4.78, 5) is 10.7. The normalized spacial score (nSPS) is 12.3. The van der Waals surface area contributed by atoms with E-state index in [0.29, 0.717) is 12.3 Å². The molecule has 19 heavy (non-hydrogen) atoms. The molecule has 0 aliphatic heterocycles. The van der Waals surface area contributed by atoms with Gasteiger partial charge in [-0.2, -0.15) is 0 Å². The summed E-state index contributed by atoms with van der Waals surface area (Å²) >= 11 is 0. The first-order chi connectivity index (χ1) is 9.08. The zero-order valence-electron chi connectivity index (χ0n) is 11.0. The molecule has 1 atom stereocenters. The molecule has 2 N–H and O–H groups in total. The van der Waals surface area contributed by atoms with Crippen LogP contribution in [0.4, 0.5) is 0 Å². The van der Waals surface area contributed by atoms with E-state index < -0.39 is 5.97 Å². The number of aromatic carboxylic acids is 1. The molecule has 2 aromatic rings. The Bertz CT molecular complexity index is 574. The summed E-state index contributed by atoms with van der Waals surface area (Å²) in [7, 11) is 0. The number of nitrogens with one attached hydrogen (secondary N) is 1. The Morgan fingerprint density at radius 1 is 1.32 bits per heavy atom. The molecule has 0 bridgehead atoms. The van der Waals surface area contributed by atoms with Crippen LogP contribution in [0.2, 0.25) is 0 Å². The van der Waals surface area contributed by atoms with Crippen molar-refractivity contribution < 1.29 is 14.3 Å². The molecule has 1 aromatic heterocycles. The lowest BCUT2D eigenvalue weighted by molar-refractivity contribution is 0.0660. The molecule has 0 saturated carbocycles. The fraction of sp³-hybridized carbons (Fsp3) is 0.267. The minimum atomic E-state index is -1.04. The van der Waals surface area contributed by atoms with E-state index in [9.17, 15) is 4.79 Å². The topological polar surface area (TPSA) is 62.5 Å². The van der Waals surface area contributed by atoms with E-state index in [1.54, 1.807) is 6.07 Å². The average Bonchev–Trinajstić information content (AvgIpc) is 2.85. The average molecular weight is 259 g/mol. The molecule has 0 saturated heterocycles. The highest BCUT2D eigenvalue weighted by Crippen LogP contribution is 2.17. The summed E-state index contributed by atoms with van der Waals surface area (Å²) in [6.45, 7) is 4.65. The van der Waals surface area contributed by atoms with Gasteiger partial charge in [-0.05, 0) is 37.1 Å². The molecule has 0 spiro atoms. The summed E-state index contributed by atoms with van der Waals surface area (Å²) in [5, 5.41) is 12.1. The first-order valence-corrected chi connectivity index (χ1v) is 6.19. The number of furan rings is 1. The van der Waals surface area contributed by atoms with Crippen molar-refractivity contribution in [3.63, 3.8) is 0 Å². The number of carboxylic acid groups (broad SMARTS) is 1. The fourth-order valence-electron chi connectivity index (χ4n) is 2.02. The smallest absolute Gasteiger partial charge is 0.371 e. The molecule has 0 fully saturated rings. The summed E-state index contributed by atoms with van der Waals surface area (Å²) in [6, 6.07) is 11.5. The van der Waals surface area contributed by atoms with E-state index in [4.69, 9.17) is 9.52 Å². The molecule has 4 heteroatoms. The van der Waals surface area contributed by atoms with Crippen molar-refractivity contribution in [3.8, 4) is 0 Å². The lowest BCUT2D eigenvalue weighted by Crippen LogP contribution is -2.18. The van der Waals surface area contributed by atoms with Crippen LogP contribution in [-0.2, 0) is 6.54 Å². The van der Waals surface area contributed by atoms with Gasteiger partial charge in [0.2, 0.25) is 5.76 Å². The SMILES string of the molecule is Cc1ccccc1[C@H](C)NCc1ccc(C(=O)O)o1. The molecule has 0 aliphatic rings. The van der Waals surface area contributed by atoms with Crippen LogP contribution in [0.25, 0.3) is 0 Å². The third-order valence-electron chi connectivity index (χ3n) is 3.11. The van der Waals surface area contributed by atoms with Crippen molar-refractivity contribution in [1.29, 1.82) is 0 Å². The summed E-state index contributed by atoms with van der Waals surface area (Å²) < 4.78 is 5.20. The van der Waals surface area contributed by atoms with E-state index >= 15 is 0 Å². The van der Waals surface area contributed by atoms with Gasteiger partial charge in [-0.25, -0.2) is 4.79 Å². The Kier molecular flexibility index (Phi) is 4.02. The zero-order chi connectivity index (χ0) is 13.8. The monoisotopic (exact) mass is 259 g/mol. The van der Waals surface area contributed by atoms with Crippen molar-refractivity contribution in [2.24, 2.45) is 0 Å². The van der Waals surface area contributed by atoms with Crippen LogP contribution in [0.3, 0.4) is 0 Å². The molecular weight excluding hydrogens is 242 g/mol. The van der Waals surface area contributed by atoms with Crippen molar-refractivity contribution in [2.45, 2.75) is 26.4 Å². The van der Waals surface area contributed by atoms with Crippen LogP contribution < -0.4 is 5.32 Å². The van der Waals surface area contributed by atoms with E-state index in [1.165, 1.54) is 17.2 Å². The van der Waals surface area contributed by atoms with Gasteiger partial charge in [0.15, 0.2) is 0 Å². The Balaban J connectivity index is 1.98. The summed E-state index contributed by atoms with van der Waals surface area (Å²) in [5.74, 6) is -0.448. The number of aryl methyl sites for hydroxylation is 1. The molecule has 100 valence electrons. The molecule has 1 aromatic carbocycles. The van der Waals surface area contributed by atoms with E-state index in [1.807, 2.05) is 12.1 Å². The van der Waals surface area contributed by atoms with Crippen LogP contribution in [0.15, 0.2) is 40.8 Å². The second kappa shape index (κ2) is 5.71. The predicted molar refractivity (Wildman–Crippen MR) is 72.1 cm³/mol. The predicted octanol–water partition coefficient (Wildman–Crippen LogP) is 3.14. The molecule has 4 nitrogen and oxygen atoms in total. The van der Waals surface area contributed by atoms with Crippen LogP contribution in [0.1, 0.15) is 40.4 Å². The second-order valence-electron chi connectivity index (χ2n) is 4.53. The van der Waals surface area contributed by atoms with E-state index in [0.717, 1.165) is 0 Å². The van der Waals surface area contributed by atoms with Crippen LogP contribution in [0, 0.1) is 6.92 Å². The van der Waals surface area contributed by atoms with Gasteiger partial charge < -0.3 is 14.8 Å². The first kappa shape index (κ1) is 13.4. The number of carbonyl (C=O) groups is 1. The zero-order valence-corrected chi connectivity index (χ0v) is 11.0. The number of benzene rings is 1. The van der Waals surface area contributed by atoms with E-state index in [2.05, 4.69) is 31.3 Å². The highest BCUT2D eigenvalue weighted by molar-refractivity contribution is 5.84. The van der Waals surface area contributed by atoms with Crippen molar-refractivity contribution in [1.82, 2.24) is 5.32 Å². The maximum atomic E-state index is 10.7. The minimum Gasteiger partial charge on any atom is -0.475 e. The van der Waals surface area contributed by atoms with Crippen LogP contribution in [0.5, 0.6) is 0 Å². The Labute approximate surface area is 112 Å². The molecule has 0 unspecified atom stereocenters. The first-order valence-electron chi connectivity index (χ1n) is 6.19. The minimum absolute atomic E-state index is 0.0275. The van der Waals surface area contributed by atoms with Gasteiger partial charge in [-0.15, -0.1) is 0 Å². The summed E-state index contributed by atoms with van der Waals surface area (Å²) in [6.07, 6.45) is 0. The Morgan fingerprint density at radius 2 is 2.05 bits per heavy atom. The number of hydrogen-bond acceptors (Lipinski definition) is 3. The van der Waals surface area contributed by atoms with Crippen molar-refractivity contribution in [2.75, 3.05) is 0 Å². The standard InChI is InChI=1S/C15H17NO3/c1-10-5-3-4-6-13(10)11(2)16-9-12-7-8-14(19-12)15(17)18/h3-8,11,16H,9H2,1-2H3,(H,17,18)/t11-/m0/s1. The highest BCUT2D eigenvalue weighted by Gasteiger charge is 2.11. The Morgan fingerprint density at radius 3 is 2.68 bits per heavy atom. The number of carboxylic acids is 1. The number of rotatable bonds is 5. The van der Waals surface area contributed by atoms with Gasteiger partial charge in [-0.1, -0.05) is 24.3 Å². The van der Waals surface area contributed by atoms with E-state index in [-0.39, 0.29) is 11.8 Å². The quantitative estimate of drug-likeness (QED) is 0.866. The van der Waals surface area contributed by atoms with Crippen LogP contribution in [-0.4, -0.2) is 11.1 Å². The van der Waals surface area contributed by atoms with Gasteiger partial charge in [0, 0.05) is 6.04 Å². The van der Waals surface area contributed by atoms with Gasteiger partial charge in [0.25, 0.3) is 0 Å². The third-order valence-corrected chi connectivity index (χ3v) is 3.11. The van der Waals surface area contributed by atoms with Gasteiger partial charge in [-0.3, -0.25) is 0 Å². The summed E-state index contributed by atoms with van der Waals surface area (Å²) in [5.41, 5.74) is 2.46. The molecule has 0 amide bonds. The number of hydrogen-bond donors (Lipinski definition) is 2. The van der Waals surface area contributed by atoms with Crippen molar-refractivity contribution >= 4 is 5.97 Å².